The Bertz CT molecular complexity index is 119. The van der Waals surface area contributed by atoms with Crippen molar-refractivity contribution in [1.82, 2.24) is 5.32 Å². The number of hydrogen-bond acceptors (Lipinski definition) is 2. The van der Waals surface area contributed by atoms with Gasteiger partial charge in [0.05, 0.1) is 6.61 Å². The molecular formula is C11H23NO. The van der Waals surface area contributed by atoms with Crippen LogP contribution in [0.3, 0.4) is 0 Å². The van der Waals surface area contributed by atoms with Gasteiger partial charge in [0.1, 0.15) is 0 Å². The molecule has 1 heterocycles. The first-order chi connectivity index (χ1) is 6.29. The molecule has 13 heavy (non-hydrogen) atoms. The minimum absolute atomic E-state index is 0.777. The third-order valence-electron chi connectivity index (χ3n) is 2.59. The lowest BCUT2D eigenvalue weighted by atomic mass is 10.1. The van der Waals surface area contributed by atoms with E-state index in [-0.39, 0.29) is 0 Å². The first kappa shape index (κ1) is 11.0. The molecule has 0 aliphatic carbocycles. The smallest absolute Gasteiger partial charge is 0.0507 e. The van der Waals surface area contributed by atoms with E-state index in [2.05, 4.69) is 19.2 Å². The van der Waals surface area contributed by atoms with E-state index in [1.807, 2.05) is 0 Å². The second-order valence-corrected chi connectivity index (χ2v) is 4.47. The van der Waals surface area contributed by atoms with Crippen molar-refractivity contribution in [1.29, 1.82) is 0 Å². The van der Waals surface area contributed by atoms with Crippen LogP contribution in [0.5, 0.6) is 0 Å². The molecule has 0 spiro atoms. The lowest BCUT2D eigenvalue weighted by Crippen LogP contribution is -2.24. The second-order valence-electron chi connectivity index (χ2n) is 4.47. The summed E-state index contributed by atoms with van der Waals surface area (Å²) in [6.07, 6.45) is 3.90. The van der Waals surface area contributed by atoms with Gasteiger partial charge in [0.25, 0.3) is 0 Å². The summed E-state index contributed by atoms with van der Waals surface area (Å²) in [7, 11) is 0. The molecule has 0 aromatic carbocycles. The SMILES string of the molecule is CC(C)CCCNCC1CCOC1. The molecule has 0 radical (unpaired) electrons. The van der Waals surface area contributed by atoms with E-state index >= 15 is 0 Å². The van der Waals surface area contributed by atoms with Crippen molar-refractivity contribution in [2.24, 2.45) is 11.8 Å². The average Bonchev–Trinajstić information content (AvgIpc) is 2.55. The molecule has 2 nitrogen and oxygen atoms in total. The third-order valence-corrected chi connectivity index (χ3v) is 2.59. The quantitative estimate of drug-likeness (QED) is 0.639. The molecule has 0 amide bonds. The highest BCUT2D eigenvalue weighted by Gasteiger charge is 2.14. The molecule has 0 aromatic rings. The lowest BCUT2D eigenvalue weighted by Gasteiger charge is -2.09. The standard InChI is InChI=1S/C11H23NO/c1-10(2)4-3-6-12-8-11-5-7-13-9-11/h10-12H,3-9H2,1-2H3. The van der Waals surface area contributed by atoms with Crippen LogP contribution in [0.4, 0.5) is 0 Å². The zero-order chi connectivity index (χ0) is 9.52. The molecule has 1 N–H and O–H groups in total. The fourth-order valence-electron chi connectivity index (χ4n) is 1.69. The number of ether oxygens (including phenoxy) is 1. The van der Waals surface area contributed by atoms with Crippen molar-refractivity contribution in [3.63, 3.8) is 0 Å². The van der Waals surface area contributed by atoms with Crippen LogP contribution >= 0.6 is 0 Å². The van der Waals surface area contributed by atoms with Crippen LogP contribution in [0.1, 0.15) is 33.1 Å². The van der Waals surface area contributed by atoms with Crippen molar-refractivity contribution < 1.29 is 4.74 Å². The summed E-state index contributed by atoms with van der Waals surface area (Å²) >= 11 is 0. The predicted molar refractivity (Wildman–Crippen MR) is 55.9 cm³/mol. The molecule has 1 unspecified atom stereocenters. The Kier molecular flexibility index (Phi) is 5.40. The molecule has 78 valence electrons. The summed E-state index contributed by atoms with van der Waals surface area (Å²) in [5.74, 6) is 1.62. The molecule has 0 bridgehead atoms. The molecular weight excluding hydrogens is 162 g/mol. The van der Waals surface area contributed by atoms with E-state index in [1.54, 1.807) is 0 Å². The minimum Gasteiger partial charge on any atom is -0.381 e. The third kappa shape index (κ3) is 5.27. The van der Waals surface area contributed by atoms with Gasteiger partial charge >= 0.3 is 0 Å². The summed E-state index contributed by atoms with van der Waals surface area (Å²) in [6.45, 7) is 8.83. The highest BCUT2D eigenvalue weighted by molar-refractivity contribution is 4.66. The predicted octanol–water partition coefficient (Wildman–Crippen LogP) is 2.05. The zero-order valence-corrected chi connectivity index (χ0v) is 9.01. The topological polar surface area (TPSA) is 21.3 Å². The molecule has 1 saturated heterocycles. The normalized spacial score (nSPS) is 22.8. The number of nitrogens with one attached hydrogen (secondary N) is 1. The molecule has 1 rings (SSSR count). The van der Waals surface area contributed by atoms with E-state index in [4.69, 9.17) is 4.74 Å². The summed E-state index contributed by atoms with van der Waals surface area (Å²) in [5, 5.41) is 3.50. The first-order valence-corrected chi connectivity index (χ1v) is 5.57. The Hall–Kier alpha value is -0.0800. The second kappa shape index (κ2) is 6.39. The molecule has 1 atom stereocenters. The van der Waals surface area contributed by atoms with Crippen LogP contribution in [0.25, 0.3) is 0 Å². The van der Waals surface area contributed by atoms with Crippen LogP contribution in [-0.4, -0.2) is 26.3 Å². The Labute approximate surface area is 82.0 Å². The van der Waals surface area contributed by atoms with Crippen molar-refractivity contribution in [3.05, 3.63) is 0 Å². The summed E-state index contributed by atoms with van der Waals surface area (Å²) in [6, 6.07) is 0. The highest BCUT2D eigenvalue weighted by Crippen LogP contribution is 2.10. The Balaban J connectivity index is 1.83. The summed E-state index contributed by atoms with van der Waals surface area (Å²) < 4.78 is 5.31. The van der Waals surface area contributed by atoms with Crippen molar-refractivity contribution in [2.45, 2.75) is 33.1 Å². The van der Waals surface area contributed by atoms with Gasteiger partial charge in [-0.2, -0.15) is 0 Å². The van der Waals surface area contributed by atoms with Gasteiger partial charge in [0, 0.05) is 13.2 Å². The maximum atomic E-state index is 5.31. The van der Waals surface area contributed by atoms with Gasteiger partial charge in [0.2, 0.25) is 0 Å². The summed E-state index contributed by atoms with van der Waals surface area (Å²) in [5.41, 5.74) is 0. The van der Waals surface area contributed by atoms with Crippen LogP contribution in [0.2, 0.25) is 0 Å². The first-order valence-electron chi connectivity index (χ1n) is 5.57. The van der Waals surface area contributed by atoms with Gasteiger partial charge in [0.15, 0.2) is 0 Å². The fraction of sp³-hybridized carbons (Fsp3) is 1.00. The largest absolute Gasteiger partial charge is 0.381 e. The van der Waals surface area contributed by atoms with Gasteiger partial charge in [-0.1, -0.05) is 13.8 Å². The highest BCUT2D eigenvalue weighted by atomic mass is 16.5. The van der Waals surface area contributed by atoms with Crippen LogP contribution in [-0.2, 0) is 4.74 Å². The van der Waals surface area contributed by atoms with Crippen molar-refractivity contribution in [3.8, 4) is 0 Å². The molecule has 1 aliphatic heterocycles. The minimum atomic E-state index is 0.777. The van der Waals surface area contributed by atoms with Gasteiger partial charge in [-0.25, -0.2) is 0 Å². The number of rotatable bonds is 6. The molecule has 0 aromatic heterocycles. The van der Waals surface area contributed by atoms with Crippen LogP contribution in [0.15, 0.2) is 0 Å². The molecule has 1 fully saturated rings. The molecule has 2 heteroatoms. The van der Waals surface area contributed by atoms with E-state index in [0.717, 1.165) is 31.6 Å². The Morgan fingerprint density at radius 1 is 1.46 bits per heavy atom. The Morgan fingerprint density at radius 3 is 2.92 bits per heavy atom. The van der Waals surface area contributed by atoms with E-state index in [1.165, 1.54) is 25.8 Å². The number of hydrogen-bond donors (Lipinski definition) is 1. The Morgan fingerprint density at radius 2 is 2.31 bits per heavy atom. The van der Waals surface area contributed by atoms with E-state index in [0.29, 0.717) is 0 Å². The molecule has 0 saturated carbocycles. The summed E-state index contributed by atoms with van der Waals surface area (Å²) in [4.78, 5) is 0. The lowest BCUT2D eigenvalue weighted by molar-refractivity contribution is 0.185. The van der Waals surface area contributed by atoms with Gasteiger partial charge in [-0.05, 0) is 37.6 Å². The molecule has 1 aliphatic rings. The van der Waals surface area contributed by atoms with Crippen molar-refractivity contribution in [2.75, 3.05) is 26.3 Å². The van der Waals surface area contributed by atoms with Gasteiger partial charge in [-0.15, -0.1) is 0 Å². The van der Waals surface area contributed by atoms with Crippen molar-refractivity contribution >= 4 is 0 Å². The van der Waals surface area contributed by atoms with E-state index < -0.39 is 0 Å². The monoisotopic (exact) mass is 185 g/mol. The zero-order valence-electron chi connectivity index (χ0n) is 9.01. The van der Waals surface area contributed by atoms with E-state index in [9.17, 15) is 0 Å². The maximum absolute atomic E-state index is 5.31. The fourth-order valence-corrected chi connectivity index (χ4v) is 1.69. The maximum Gasteiger partial charge on any atom is 0.0507 e. The van der Waals surface area contributed by atoms with Gasteiger partial charge in [-0.3, -0.25) is 0 Å². The average molecular weight is 185 g/mol. The van der Waals surface area contributed by atoms with Crippen LogP contribution in [0, 0.1) is 11.8 Å². The van der Waals surface area contributed by atoms with Gasteiger partial charge < -0.3 is 10.1 Å². The van der Waals surface area contributed by atoms with Crippen LogP contribution < -0.4 is 5.32 Å².